The number of aromatic nitrogens is 1. The van der Waals surface area contributed by atoms with Crippen LogP contribution in [0.1, 0.15) is 11.1 Å². The van der Waals surface area contributed by atoms with E-state index >= 15 is 0 Å². The molecule has 30 heavy (non-hydrogen) atoms. The number of ether oxygens (including phenoxy) is 1. The van der Waals surface area contributed by atoms with Crippen molar-refractivity contribution >= 4 is 45.9 Å². The van der Waals surface area contributed by atoms with Crippen molar-refractivity contribution in [2.24, 2.45) is 5.10 Å². The summed E-state index contributed by atoms with van der Waals surface area (Å²) in [5, 5.41) is 8.21. The maximum atomic E-state index is 6.23. The van der Waals surface area contributed by atoms with E-state index in [4.69, 9.17) is 27.9 Å². The van der Waals surface area contributed by atoms with Crippen LogP contribution in [0.5, 0.6) is 5.75 Å². The first-order valence-corrected chi connectivity index (χ1v) is 10.8. The third-order valence-electron chi connectivity index (χ3n) is 4.25. The molecule has 0 aliphatic rings. The Bertz CT molecular complexity index is 1160. The lowest BCUT2D eigenvalue weighted by atomic mass is 10.2. The first kappa shape index (κ1) is 20.4. The van der Waals surface area contributed by atoms with Crippen molar-refractivity contribution in [2.45, 2.75) is 6.61 Å². The van der Waals surface area contributed by atoms with E-state index in [9.17, 15) is 0 Å². The molecule has 0 amide bonds. The minimum absolute atomic E-state index is 0.335. The molecule has 0 saturated carbocycles. The monoisotopic (exact) mass is 453 g/mol. The lowest BCUT2D eigenvalue weighted by Gasteiger charge is -2.10. The van der Waals surface area contributed by atoms with E-state index in [1.54, 1.807) is 18.3 Å². The summed E-state index contributed by atoms with van der Waals surface area (Å²) in [6.45, 7) is 0.335. The third kappa shape index (κ3) is 5.19. The van der Waals surface area contributed by atoms with Crippen molar-refractivity contribution < 1.29 is 4.74 Å². The summed E-state index contributed by atoms with van der Waals surface area (Å²) in [4.78, 5) is 4.56. The highest BCUT2D eigenvalue weighted by molar-refractivity contribution is 7.14. The van der Waals surface area contributed by atoms with Crippen LogP contribution < -0.4 is 10.2 Å². The van der Waals surface area contributed by atoms with E-state index in [-0.39, 0.29) is 0 Å². The van der Waals surface area contributed by atoms with Crippen LogP contribution in [0.4, 0.5) is 5.13 Å². The topological polar surface area (TPSA) is 46.5 Å². The van der Waals surface area contributed by atoms with Crippen molar-refractivity contribution in [3.05, 3.63) is 99.3 Å². The zero-order valence-electron chi connectivity index (χ0n) is 15.8. The van der Waals surface area contributed by atoms with Crippen LogP contribution in [-0.2, 0) is 6.61 Å². The molecule has 0 bridgehead atoms. The number of para-hydroxylation sites is 1. The van der Waals surface area contributed by atoms with Gasteiger partial charge in [0.2, 0.25) is 5.13 Å². The maximum absolute atomic E-state index is 6.23. The number of rotatable bonds is 7. The van der Waals surface area contributed by atoms with Crippen molar-refractivity contribution in [1.82, 2.24) is 4.98 Å². The number of nitrogens with one attached hydrogen (secondary N) is 1. The van der Waals surface area contributed by atoms with E-state index in [0.29, 0.717) is 22.4 Å². The number of nitrogens with zero attached hydrogens (tertiary/aromatic N) is 2. The van der Waals surface area contributed by atoms with Gasteiger partial charge in [-0.3, -0.25) is 5.43 Å². The molecule has 0 radical (unpaired) electrons. The molecule has 0 spiro atoms. The SMILES string of the molecule is Clc1ccc(COc2ccccc2C=NNc2nc(-c3ccccc3)cs2)c(Cl)c1. The number of hydrazone groups is 1. The summed E-state index contributed by atoms with van der Waals surface area (Å²) in [5.74, 6) is 0.707. The van der Waals surface area contributed by atoms with Gasteiger partial charge in [0, 0.05) is 32.1 Å². The quantitative estimate of drug-likeness (QED) is 0.238. The van der Waals surface area contributed by atoms with Crippen LogP contribution in [0.25, 0.3) is 11.3 Å². The van der Waals surface area contributed by atoms with E-state index in [2.05, 4.69) is 15.5 Å². The van der Waals surface area contributed by atoms with Gasteiger partial charge in [-0.1, -0.05) is 71.7 Å². The van der Waals surface area contributed by atoms with Crippen molar-refractivity contribution in [1.29, 1.82) is 0 Å². The van der Waals surface area contributed by atoms with Crippen LogP contribution in [-0.4, -0.2) is 11.2 Å². The molecular formula is C23H17Cl2N3OS. The molecule has 0 fully saturated rings. The van der Waals surface area contributed by atoms with Gasteiger partial charge in [-0.2, -0.15) is 5.10 Å². The molecular weight excluding hydrogens is 437 g/mol. The highest BCUT2D eigenvalue weighted by Crippen LogP contribution is 2.25. The predicted octanol–water partition coefficient (Wildman–Crippen LogP) is 7.14. The Balaban J connectivity index is 1.41. The van der Waals surface area contributed by atoms with Gasteiger partial charge < -0.3 is 4.74 Å². The minimum atomic E-state index is 0.335. The average Bonchev–Trinajstić information content (AvgIpc) is 3.24. The summed E-state index contributed by atoms with van der Waals surface area (Å²) in [6, 6.07) is 23.1. The first-order valence-electron chi connectivity index (χ1n) is 9.15. The fourth-order valence-electron chi connectivity index (χ4n) is 2.74. The van der Waals surface area contributed by atoms with E-state index < -0.39 is 0 Å². The Hall–Kier alpha value is -2.86. The van der Waals surface area contributed by atoms with Gasteiger partial charge in [-0.15, -0.1) is 11.3 Å². The van der Waals surface area contributed by atoms with Gasteiger partial charge in [0.25, 0.3) is 0 Å². The standard InChI is InChI=1S/C23H17Cl2N3OS/c24-19-11-10-18(20(25)12-19)14-29-22-9-5-4-8-17(22)13-26-28-23-27-21(15-30-23)16-6-2-1-3-7-16/h1-13,15H,14H2,(H,27,28). The lowest BCUT2D eigenvalue weighted by Crippen LogP contribution is -1.99. The molecule has 0 saturated heterocycles. The second kappa shape index (κ2) is 9.76. The number of halogens is 2. The highest BCUT2D eigenvalue weighted by atomic mass is 35.5. The highest BCUT2D eigenvalue weighted by Gasteiger charge is 2.06. The van der Waals surface area contributed by atoms with E-state index in [0.717, 1.165) is 27.5 Å². The Morgan fingerprint density at radius 2 is 1.80 bits per heavy atom. The normalized spacial score (nSPS) is 11.0. The average molecular weight is 454 g/mol. The van der Waals surface area contributed by atoms with Gasteiger partial charge in [0.1, 0.15) is 12.4 Å². The number of anilines is 1. The summed E-state index contributed by atoms with van der Waals surface area (Å²) in [6.07, 6.45) is 1.71. The molecule has 7 heteroatoms. The first-order chi connectivity index (χ1) is 14.7. The van der Waals surface area contributed by atoms with Crippen LogP contribution in [0.3, 0.4) is 0 Å². The zero-order valence-corrected chi connectivity index (χ0v) is 18.1. The van der Waals surface area contributed by atoms with Crippen LogP contribution in [0.2, 0.25) is 10.0 Å². The molecule has 4 rings (SSSR count). The molecule has 1 heterocycles. The lowest BCUT2D eigenvalue weighted by molar-refractivity contribution is 0.306. The number of thiazole rings is 1. The van der Waals surface area contributed by atoms with Crippen LogP contribution >= 0.6 is 34.5 Å². The van der Waals surface area contributed by atoms with Crippen molar-refractivity contribution in [3.8, 4) is 17.0 Å². The molecule has 150 valence electrons. The van der Waals surface area contributed by atoms with Gasteiger partial charge in [0.05, 0.1) is 11.9 Å². The van der Waals surface area contributed by atoms with E-state index in [1.165, 1.54) is 11.3 Å². The van der Waals surface area contributed by atoms with Crippen molar-refractivity contribution in [2.75, 3.05) is 5.43 Å². The summed E-state index contributed by atoms with van der Waals surface area (Å²) in [7, 11) is 0. The summed E-state index contributed by atoms with van der Waals surface area (Å²) in [5.41, 5.74) is 6.68. The zero-order chi connectivity index (χ0) is 20.8. The Morgan fingerprint density at radius 1 is 1.00 bits per heavy atom. The molecule has 3 aromatic carbocycles. The van der Waals surface area contributed by atoms with Crippen molar-refractivity contribution in [3.63, 3.8) is 0 Å². The largest absolute Gasteiger partial charge is 0.488 e. The molecule has 0 unspecified atom stereocenters. The summed E-state index contributed by atoms with van der Waals surface area (Å²) < 4.78 is 5.95. The van der Waals surface area contributed by atoms with Gasteiger partial charge in [-0.05, 0) is 24.3 Å². The predicted molar refractivity (Wildman–Crippen MR) is 126 cm³/mol. The Kier molecular flexibility index (Phi) is 6.64. The molecule has 0 aliphatic carbocycles. The summed E-state index contributed by atoms with van der Waals surface area (Å²) >= 11 is 13.7. The van der Waals surface area contributed by atoms with Crippen LogP contribution in [0.15, 0.2) is 83.3 Å². The second-order valence-electron chi connectivity index (χ2n) is 6.34. The van der Waals surface area contributed by atoms with Gasteiger partial charge in [0.15, 0.2) is 0 Å². The molecule has 4 aromatic rings. The van der Waals surface area contributed by atoms with E-state index in [1.807, 2.05) is 66.0 Å². The molecule has 4 nitrogen and oxygen atoms in total. The Labute approximate surface area is 188 Å². The second-order valence-corrected chi connectivity index (χ2v) is 8.04. The molecule has 0 aliphatic heterocycles. The smallest absolute Gasteiger partial charge is 0.203 e. The molecule has 0 atom stereocenters. The molecule has 1 N–H and O–H groups in total. The Morgan fingerprint density at radius 3 is 2.63 bits per heavy atom. The van der Waals surface area contributed by atoms with Crippen LogP contribution in [0, 0.1) is 0 Å². The van der Waals surface area contributed by atoms with Gasteiger partial charge >= 0.3 is 0 Å². The maximum Gasteiger partial charge on any atom is 0.203 e. The third-order valence-corrected chi connectivity index (χ3v) is 5.59. The van der Waals surface area contributed by atoms with Gasteiger partial charge in [-0.25, -0.2) is 4.98 Å². The minimum Gasteiger partial charge on any atom is -0.488 e. The number of benzene rings is 3. The number of hydrogen-bond acceptors (Lipinski definition) is 5. The fourth-order valence-corrected chi connectivity index (χ4v) is 3.87. The fraction of sp³-hybridized carbons (Fsp3) is 0.0435. The molecule has 1 aromatic heterocycles. The number of hydrogen-bond donors (Lipinski definition) is 1.